The highest BCUT2D eigenvalue weighted by molar-refractivity contribution is 5.70. The fraction of sp³-hybridized carbons (Fsp3) is 0.773. The second-order valence-electron chi connectivity index (χ2n) is 14.4. The first kappa shape index (κ1) is 49.7. The minimum atomic E-state index is -1.60. The highest BCUT2D eigenvalue weighted by Gasteiger charge is 2.44. The molecule has 1 aliphatic heterocycles. The second kappa shape index (κ2) is 35.1. The molecule has 312 valence electrons. The third-order valence-electron chi connectivity index (χ3n) is 9.47. The Bertz CT molecular complexity index is 1020. The minimum Gasteiger partial charge on any atom is -0.462 e. The van der Waals surface area contributed by atoms with Gasteiger partial charge in [-0.15, -0.1) is 0 Å². The molecule has 0 aromatic rings. The van der Waals surface area contributed by atoms with E-state index in [0.717, 1.165) is 57.8 Å². The Kier molecular flexibility index (Phi) is 32.3. The summed E-state index contributed by atoms with van der Waals surface area (Å²) >= 11 is 0. The molecule has 4 N–H and O–H groups in total. The molecule has 0 saturated carbocycles. The first-order chi connectivity index (χ1) is 26.3. The van der Waals surface area contributed by atoms with E-state index in [-0.39, 0.29) is 26.1 Å². The van der Waals surface area contributed by atoms with Crippen molar-refractivity contribution >= 4 is 11.9 Å². The van der Waals surface area contributed by atoms with Crippen molar-refractivity contribution in [1.82, 2.24) is 0 Å². The molecule has 10 nitrogen and oxygen atoms in total. The van der Waals surface area contributed by atoms with Gasteiger partial charge in [0.1, 0.15) is 31.0 Å². The largest absolute Gasteiger partial charge is 0.462 e. The molecule has 0 bridgehead atoms. The van der Waals surface area contributed by atoms with Gasteiger partial charge < -0.3 is 39.4 Å². The van der Waals surface area contributed by atoms with Crippen LogP contribution in [0.5, 0.6) is 0 Å². The van der Waals surface area contributed by atoms with E-state index in [1.807, 2.05) is 0 Å². The van der Waals surface area contributed by atoms with E-state index in [0.29, 0.717) is 12.8 Å². The van der Waals surface area contributed by atoms with Crippen LogP contribution in [0.2, 0.25) is 0 Å². The zero-order valence-electron chi connectivity index (χ0n) is 33.7. The van der Waals surface area contributed by atoms with Gasteiger partial charge in [-0.3, -0.25) is 9.59 Å². The predicted octanol–water partition coefficient (Wildman–Crippen LogP) is 8.49. The number of hydrogen-bond donors (Lipinski definition) is 4. The van der Waals surface area contributed by atoms with Crippen molar-refractivity contribution < 1.29 is 49.0 Å². The number of hydrogen-bond acceptors (Lipinski definition) is 10. The lowest BCUT2D eigenvalue weighted by molar-refractivity contribution is -0.305. The number of allylic oxidation sites excluding steroid dienone is 8. The average molecular weight is 765 g/mol. The van der Waals surface area contributed by atoms with Crippen molar-refractivity contribution in [3.63, 3.8) is 0 Å². The van der Waals surface area contributed by atoms with Gasteiger partial charge in [0.05, 0.1) is 13.2 Å². The van der Waals surface area contributed by atoms with E-state index < -0.39 is 55.4 Å². The number of ether oxygens (including phenoxy) is 4. The summed E-state index contributed by atoms with van der Waals surface area (Å²) in [5.74, 6) is -0.846. The lowest BCUT2D eigenvalue weighted by Crippen LogP contribution is -2.59. The van der Waals surface area contributed by atoms with Crippen LogP contribution < -0.4 is 0 Å². The Morgan fingerprint density at radius 1 is 0.574 bits per heavy atom. The summed E-state index contributed by atoms with van der Waals surface area (Å²) in [7, 11) is 0. The second-order valence-corrected chi connectivity index (χ2v) is 14.4. The Morgan fingerprint density at radius 3 is 1.59 bits per heavy atom. The first-order valence-corrected chi connectivity index (χ1v) is 21.2. The molecule has 0 spiro atoms. The summed E-state index contributed by atoms with van der Waals surface area (Å²) in [6.45, 7) is 3.33. The number of rotatable bonds is 34. The Morgan fingerprint density at radius 2 is 1.04 bits per heavy atom. The molecule has 0 aromatic carbocycles. The number of esters is 2. The first-order valence-electron chi connectivity index (χ1n) is 21.2. The third kappa shape index (κ3) is 26.5. The van der Waals surface area contributed by atoms with Crippen LogP contribution in [0.1, 0.15) is 162 Å². The normalized spacial score (nSPS) is 21.2. The number of aliphatic hydroxyl groups is 4. The predicted molar refractivity (Wildman–Crippen MR) is 215 cm³/mol. The smallest absolute Gasteiger partial charge is 0.306 e. The summed E-state index contributed by atoms with van der Waals surface area (Å²) < 4.78 is 22.1. The van der Waals surface area contributed by atoms with E-state index in [1.165, 1.54) is 64.2 Å². The van der Waals surface area contributed by atoms with Crippen molar-refractivity contribution in [1.29, 1.82) is 0 Å². The Balaban J connectivity index is 2.36. The van der Waals surface area contributed by atoms with Crippen LogP contribution in [-0.4, -0.2) is 89.0 Å². The molecule has 1 saturated heterocycles. The molecule has 0 amide bonds. The van der Waals surface area contributed by atoms with E-state index in [9.17, 15) is 30.0 Å². The van der Waals surface area contributed by atoms with Crippen molar-refractivity contribution in [3.05, 3.63) is 48.6 Å². The molecule has 10 heteroatoms. The van der Waals surface area contributed by atoms with Gasteiger partial charge in [0.2, 0.25) is 0 Å². The van der Waals surface area contributed by atoms with E-state index >= 15 is 0 Å². The lowest BCUT2D eigenvalue weighted by atomic mass is 9.99. The zero-order valence-corrected chi connectivity index (χ0v) is 33.7. The molecule has 1 aliphatic rings. The topological polar surface area (TPSA) is 152 Å². The SMILES string of the molecule is CCCCC/C=C/C/C=C/C/C=C/C/C=C/CCCCCC(=O)OC[C@@H](CO[C@H]1O[C@@H](CO)[C@@H](O)C(O)C1O)OC(=O)CCCCCCCCCCCC. The Hall–Kier alpha value is -2.34. The summed E-state index contributed by atoms with van der Waals surface area (Å²) in [6, 6.07) is 0. The van der Waals surface area contributed by atoms with Crippen LogP contribution >= 0.6 is 0 Å². The average Bonchev–Trinajstić information content (AvgIpc) is 3.17. The van der Waals surface area contributed by atoms with E-state index in [1.54, 1.807) is 0 Å². The Labute approximate surface area is 327 Å². The maximum absolute atomic E-state index is 12.7. The van der Waals surface area contributed by atoms with E-state index in [4.69, 9.17) is 18.9 Å². The summed E-state index contributed by atoms with van der Waals surface area (Å²) in [5.41, 5.74) is 0. The van der Waals surface area contributed by atoms with Crippen LogP contribution in [0.15, 0.2) is 48.6 Å². The number of carbonyl (C=O) groups is 2. The van der Waals surface area contributed by atoms with Crippen LogP contribution in [0.3, 0.4) is 0 Å². The van der Waals surface area contributed by atoms with Crippen LogP contribution in [0.4, 0.5) is 0 Å². The molecule has 1 fully saturated rings. The maximum Gasteiger partial charge on any atom is 0.306 e. The van der Waals surface area contributed by atoms with Gasteiger partial charge >= 0.3 is 11.9 Å². The molecular weight excluding hydrogens is 688 g/mol. The van der Waals surface area contributed by atoms with Gasteiger partial charge in [-0.25, -0.2) is 0 Å². The van der Waals surface area contributed by atoms with Crippen molar-refractivity contribution in [2.75, 3.05) is 19.8 Å². The third-order valence-corrected chi connectivity index (χ3v) is 9.47. The van der Waals surface area contributed by atoms with Crippen molar-refractivity contribution in [2.24, 2.45) is 0 Å². The number of aliphatic hydroxyl groups excluding tert-OH is 4. The van der Waals surface area contributed by atoms with Gasteiger partial charge in [0.25, 0.3) is 0 Å². The molecule has 2 unspecified atom stereocenters. The maximum atomic E-state index is 12.7. The quantitative estimate of drug-likeness (QED) is 0.0285. The lowest BCUT2D eigenvalue weighted by Gasteiger charge is -2.39. The van der Waals surface area contributed by atoms with Gasteiger partial charge in [-0.2, -0.15) is 0 Å². The molecule has 0 aromatic heterocycles. The van der Waals surface area contributed by atoms with Gasteiger partial charge in [0, 0.05) is 12.8 Å². The zero-order chi connectivity index (χ0) is 39.5. The minimum absolute atomic E-state index is 0.223. The molecule has 0 radical (unpaired) electrons. The standard InChI is InChI=1S/C44H76O10/c1-3-5-7-9-11-13-15-16-17-18-19-20-21-22-23-25-26-28-30-32-39(46)51-35-37(36-52-44-43(50)42(49)41(48)38(34-45)54-44)53-40(47)33-31-29-27-24-14-12-10-8-6-4-2/h11,13,16-17,19-20,22-23,37-38,41-45,48-50H,3-10,12,14-15,18,21,24-36H2,1-2H3/b13-11+,17-16+,20-19+,23-22+/t37-,38-,41+,42?,43?,44-/m0/s1. The van der Waals surface area contributed by atoms with Crippen molar-refractivity contribution in [2.45, 2.75) is 198 Å². The fourth-order valence-electron chi connectivity index (χ4n) is 6.05. The van der Waals surface area contributed by atoms with Crippen LogP contribution in [0, 0.1) is 0 Å². The summed E-state index contributed by atoms with van der Waals surface area (Å²) in [5, 5.41) is 40.0. The number of unbranched alkanes of at least 4 members (excludes halogenated alkanes) is 15. The van der Waals surface area contributed by atoms with Crippen LogP contribution in [-0.2, 0) is 28.5 Å². The highest BCUT2D eigenvalue weighted by atomic mass is 16.7. The van der Waals surface area contributed by atoms with Crippen LogP contribution in [0.25, 0.3) is 0 Å². The summed E-state index contributed by atoms with van der Waals surface area (Å²) in [6.07, 6.45) is 32.6. The molecular formula is C44H76O10. The number of carbonyl (C=O) groups excluding carboxylic acids is 2. The molecule has 0 aliphatic carbocycles. The highest BCUT2D eigenvalue weighted by Crippen LogP contribution is 2.22. The summed E-state index contributed by atoms with van der Waals surface area (Å²) in [4.78, 5) is 25.2. The van der Waals surface area contributed by atoms with E-state index in [2.05, 4.69) is 62.5 Å². The van der Waals surface area contributed by atoms with Crippen molar-refractivity contribution in [3.8, 4) is 0 Å². The van der Waals surface area contributed by atoms with Gasteiger partial charge in [0.15, 0.2) is 12.4 Å². The fourth-order valence-corrected chi connectivity index (χ4v) is 6.05. The van der Waals surface area contributed by atoms with Gasteiger partial charge in [-0.05, 0) is 57.8 Å². The molecule has 6 atom stereocenters. The van der Waals surface area contributed by atoms with Gasteiger partial charge in [-0.1, -0.05) is 140 Å². The molecule has 54 heavy (non-hydrogen) atoms. The monoisotopic (exact) mass is 765 g/mol. The molecule has 1 rings (SSSR count). The molecule has 1 heterocycles.